The highest BCUT2D eigenvalue weighted by atomic mass is 35.5. The van der Waals surface area contributed by atoms with Gasteiger partial charge in [-0.3, -0.25) is 0 Å². The number of hydrogen-bond acceptors (Lipinski definition) is 3. The van der Waals surface area contributed by atoms with Crippen LogP contribution < -0.4 is 0 Å². The fraction of sp³-hybridized carbons (Fsp3) is 0.0625. The maximum absolute atomic E-state index is 6.38. The fourth-order valence-corrected chi connectivity index (χ4v) is 3.81. The molecule has 0 aliphatic carbocycles. The van der Waals surface area contributed by atoms with Crippen LogP contribution in [0, 0.1) is 6.92 Å². The van der Waals surface area contributed by atoms with E-state index in [1.165, 1.54) is 0 Å². The van der Waals surface area contributed by atoms with Crippen molar-refractivity contribution in [2.24, 2.45) is 0 Å². The molecule has 1 aromatic heterocycles. The molecule has 0 atom stereocenters. The maximum Gasteiger partial charge on any atom is 0.192 e. The van der Waals surface area contributed by atoms with Crippen molar-refractivity contribution in [3.8, 4) is 22.6 Å². The first-order valence-electron chi connectivity index (χ1n) is 6.27. The summed E-state index contributed by atoms with van der Waals surface area (Å²) in [5.74, 6) is 1.49. The van der Waals surface area contributed by atoms with Gasteiger partial charge >= 0.3 is 0 Å². The monoisotopic (exact) mass is 299 g/mol. The lowest BCUT2D eigenvalue weighted by molar-refractivity contribution is 0.533. The molecule has 2 aromatic carbocycles. The molecule has 0 saturated heterocycles. The molecule has 3 aromatic rings. The smallest absolute Gasteiger partial charge is 0.192 e. The molecule has 0 unspecified atom stereocenters. The summed E-state index contributed by atoms with van der Waals surface area (Å²) in [6, 6.07) is 14.1. The molecule has 0 bridgehead atoms. The van der Waals surface area contributed by atoms with Crippen LogP contribution in [0.2, 0.25) is 5.02 Å². The minimum Gasteiger partial charge on any atom is -0.440 e. The van der Waals surface area contributed by atoms with Gasteiger partial charge in [0.05, 0.1) is 5.02 Å². The van der Waals surface area contributed by atoms with Crippen molar-refractivity contribution in [3.05, 3.63) is 53.4 Å². The Hall–Kier alpha value is -1.71. The number of fused-ring (bicyclic) bond motifs is 5. The first-order valence-corrected chi connectivity index (χ1v) is 7.47. The quantitative estimate of drug-likeness (QED) is 0.433. The minimum absolute atomic E-state index is 0.669. The Bertz CT molecular complexity index is 825. The maximum atomic E-state index is 6.38. The Morgan fingerprint density at radius 2 is 1.85 bits per heavy atom. The van der Waals surface area contributed by atoms with E-state index >= 15 is 0 Å². The molecule has 0 radical (unpaired) electrons. The average Bonchev–Trinajstić information content (AvgIpc) is 2.77. The first-order chi connectivity index (χ1) is 9.74. The van der Waals surface area contributed by atoms with Crippen molar-refractivity contribution in [2.45, 2.75) is 16.7 Å². The van der Waals surface area contributed by atoms with Gasteiger partial charge in [-0.25, -0.2) is 4.98 Å². The molecular weight excluding hydrogens is 290 g/mol. The lowest BCUT2D eigenvalue weighted by atomic mass is 10.1. The van der Waals surface area contributed by atoms with Gasteiger partial charge in [-0.1, -0.05) is 53.7 Å². The van der Waals surface area contributed by atoms with E-state index in [0.717, 1.165) is 37.4 Å². The predicted molar refractivity (Wildman–Crippen MR) is 81.2 cm³/mol. The highest BCUT2D eigenvalue weighted by Gasteiger charge is 2.25. The van der Waals surface area contributed by atoms with E-state index in [4.69, 9.17) is 16.0 Å². The fourth-order valence-electron chi connectivity index (χ4n) is 2.44. The standard InChI is InChI=1S/C16H10ClNOS/c1-9-18-14-11-6-4-7-12(17)16(11)20-13-8-3-2-5-10(13)15(14)19-9/h2-8H,1H3. The molecule has 2 nitrogen and oxygen atoms in total. The zero-order chi connectivity index (χ0) is 13.7. The second kappa shape index (κ2) is 4.40. The number of aromatic nitrogens is 1. The summed E-state index contributed by atoms with van der Waals surface area (Å²) in [7, 11) is 0. The Morgan fingerprint density at radius 3 is 2.75 bits per heavy atom. The van der Waals surface area contributed by atoms with Gasteiger partial charge in [0.1, 0.15) is 5.69 Å². The van der Waals surface area contributed by atoms with E-state index in [9.17, 15) is 0 Å². The van der Waals surface area contributed by atoms with Crippen molar-refractivity contribution < 1.29 is 4.42 Å². The average molecular weight is 300 g/mol. The Labute approximate surface area is 125 Å². The molecule has 0 fully saturated rings. The van der Waals surface area contributed by atoms with E-state index in [-0.39, 0.29) is 0 Å². The van der Waals surface area contributed by atoms with E-state index in [2.05, 4.69) is 17.1 Å². The summed E-state index contributed by atoms with van der Waals surface area (Å²) in [6.07, 6.45) is 0. The van der Waals surface area contributed by atoms with Gasteiger partial charge in [-0.05, 0) is 12.1 Å². The number of hydrogen-bond donors (Lipinski definition) is 0. The number of halogens is 1. The van der Waals surface area contributed by atoms with Gasteiger partial charge in [-0.2, -0.15) is 0 Å². The molecule has 4 heteroatoms. The molecule has 0 N–H and O–H groups in total. The van der Waals surface area contributed by atoms with Crippen LogP contribution in [0.5, 0.6) is 0 Å². The predicted octanol–water partition coefficient (Wildman–Crippen LogP) is 5.44. The van der Waals surface area contributed by atoms with E-state index in [1.54, 1.807) is 11.8 Å². The topological polar surface area (TPSA) is 26.0 Å². The lowest BCUT2D eigenvalue weighted by Crippen LogP contribution is -1.83. The molecule has 4 rings (SSSR count). The molecule has 98 valence electrons. The van der Waals surface area contributed by atoms with Crippen LogP contribution in [-0.2, 0) is 0 Å². The Balaban J connectivity index is 2.14. The van der Waals surface area contributed by atoms with Crippen molar-refractivity contribution in [3.63, 3.8) is 0 Å². The van der Waals surface area contributed by atoms with Crippen LogP contribution in [0.15, 0.2) is 56.7 Å². The summed E-state index contributed by atoms with van der Waals surface area (Å²) in [6.45, 7) is 1.87. The molecule has 0 amide bonds. The number of nitrogens with zero attached hydrogens (tertiary/aromatic N) is 1. The molecule has 2 heterocycles. The first kappa shape index (κ1) is 12.1. The number of rotatable bonds is 0. The van der Waals surface area contributed by atoms with Crippen LogP contribution >= 0.6 is 23.4 Å². The lowest BCUT2D eigenvalue weighted by Gasteiger charge is -2.07. The van der Waals surface area contributed by atoms with Crippen molar-refractivity contribution in [1.29, 1.82) is 0 Å². The number of aryl methyl sites for hydroxylation is 1. The van der Waals surface area contributed by atoms with Crippen LogP contribution in [0.25, 0.3) is 22.6 Å². The van der Waals surface area contributed by atoms with Gasteiger partial charge in [0, 0.05) is 27.8 Å². The van der Waals surface area contributed by atoms with Gasteiger partial charge in [0.25, 0.3) is 0 Å². The van der Waals surface area contributed by atoms with Crippen LogP contribution in [-0.4, -0.2) is 4.98 Å². The number of benzene rings is 2. The zero-order valence-corrected chi connectivity index (χ0v) is 12.3. The molecule has 1 aliphatic rings. The second-order valence-electron chi connectivity index (χ2n) is 4.63. The second-order valence-corrected chi connectivity index (χ2v) is 6.08. The summed E-state index contributed by atoms with van der Waals surface area (Å²) in [4.78, 5) is 6.73. The molecule has 1 aliphatic heterocycles. The minimum atomic E-state index is 0.669. The molecule has 0 saturated carbocycles. The number of oxazole rings is 1. The summed E-state index contributed by atoms with van der Waals surface area (Å²) in [5, 5.41) is 0.746. The Morgan fingerprint density at radius 1 is 1.05 bits per heavy atom. The highest BCUT2D eigenvalue weighted by Crippen LogP contribution is 2.49. The van der Waals surface area contributed by atoms with E-state index < -0.39 is 0 Å². The van der Waals surface area contributed by atoms with Gasteiger partial charge < -0.3 is 4.42 Å². The van der Waals surface area contributed by atoms with Gasteiger partial charge in [-0.15, -0.1) is 0 Å². The summed E-state index contributed by atoms with van der Waals surface area (Å²) in [5.41, 5.74) is 2.98. The van der Waals surface area contributed by atoms with Crippen LogP contribution in [0.3, 0.4) is 0 Å². The molecule has 0 spiro atoms. The van der Waals surface area contributed by atoms with Crippen molar-refractivity contribution in [1.82, 2.24) is 4.98 Å². The Kier molecular flexibility index (Phi) is 2.65. The van der Waals surface area contributed by atoms with Gasteiger partial charge in [0.2, 0.25) is 0 Å². The largest absolute Gasteiger partial charge is 0.440 e. The van der Waals surface area contributed by atoms with E-state index in [0.29, 0.717) is 5.89 Å². The third kappa shape index (κ3) is 1.70. The summed E-state index contributed by atoms with van der Waals surface area (Å²) >= 11 is 8.04. The molecule has 20 heavy (non-hydrogen) atoms. The molecular formula is C16H10ClNOS. The summed E-state index contributed by atoms with van der Waals surface area (Å²) < 4.78 is 5.84. The van der Waals surface area contributed by atoms with Crippen LogP contribution in [0.1, 0.15) is 5.89 Å². The normalized spacial score (nSPS) is 12.3. The van der Waals surface area contributed by atoms with Crippen LogP contribution in [0.4, 0.5) is 0 Å². The third-order valence-corrected chi connectivity index (χ3v) is 4.95. The van der Waals surface area contributed by atoms with Crippen molar-refractivity contribution in [2.75, 3.05) is 0 Å². The third-order valence-electron chi connectivity index (χ3n) is 3.30. The SMILES string of the molecule is Cc1nc2c(o1)-c1ccccc1Sc1c(Cl)cccc1-2. The zero-order valence-electron chi connectivity index (χ0n) is 10.7. The van der Waals surface area contributed by atoms with E-state index in [1.807, 2.05) is 37.3 Å². The van der Waals surface area contributed by atoms with Gasteiger partial charge in [0.15, 0.2) is 11.7 Å². The van der Waals surface area contributed by atoms with Crippen molar-refractivity contribution >= 4 is 23.4 Å². The highest BCUT2D eigenvalue weighted by molar-refractivity contribution is 7.99.